The van der Waals surface area contributed by atoms with Gasteiger partial charge in [0.1, 0.15) is 18.0 Å². The maximum atomic E-state index is 5.41. The van der Waals surface area contributed by atoms with E-state index in [1.54, 1.807) is 0 Å². The summed E-state index contributed by atoms with van der Waals surface area (Å²) in [4.78, 5) is 10.9. The third-order valence-electron chi connectivity index (χ3n) is 3.83. The molecule has 6 nitrogen and oxygen atoms in total. The van der Waals surface area contributed by atoms with Gasteiger partial charge in [-0.3, -0.25) is 0 Å². The summed E-state index contributed by atoms with van der Waals surface area (Å²) < 4.78 is 0. The van der Waals surface area contributed by atoms with Crippen LogP contribution in [0.1, 0.15) is 25.8 Å². The van der Waals surface area contributed by atoms with Crippen molar-refractivity contribution in [3.8, 4) is 0 Å². The molecule has 0 bridgehead atoms. The molecular weight excluding hydrogens is 240 g/mol. The zero-order valence-corrected chi connectivity index (χ0v) is 12.0. The molecule has 1 atom stereocenters. The second-order valence-corrected chi connectivity index (χ2v) is 5.46. The standard InChI is InChI=1S/C13H24N6/c1-9(2)19-5-4-11(7-19)6-15-12-10(3)13(18-14)17-8-16-12/h8-9,11H,4-7,14H2,1-3H3,(H2,15,16,17,18). The number of rotatable bonds is 5. The third-order valence-corrected chi connectivity index (χ3v) is 3.83. The van der Waals surface area contributed by atoms with Crippen molar-refractivity contribution in [3.63, 3.8) is 0 Å². The highest BCUT2D eigenvalue weighted by molar-refractivity contribution is 5.55. The lowest BCUT2D eigenvalue weighted by atomic mass is 10.1. The molecule has 2 heterocycles. The summed E-state index contributed by atoms with van der Waals surface area (Å²) in [7, 11) is 0. The van der Waals surface area contributed by atoms with E-state index < -0.39 is 0 Å². The zero-order valence-electron chi connectivity index (χ0n) is 12.0. The topological polar surface area (TPSA) is 79.1 Å². The molecule has 6 heteroatoms. The van der Waals surface area contributed by atoms with Crippen molar-refractivity contribution in [2.45, 2.75) is 33.2 Å². The number of nitrogen functional groups attached to an aromatic ring is 1. The monoisotopic (exact) mass is 264 g/mol. The molecule has 1 fully saturated rings. The highest BCUT2D eigenvalue weighted by Crippen LogP contribution is 2.21. The van der Waals surface area contributed by atoms with Gasteiger partial charge in [-0.05, 0) is 39.7 Å². The van der Waals surface area contributed by atoms with Gasteiger partial charge in [0.15, 0.2) is 0 Å². The molecule has 1 saturated heterocycles. The molecule has 1 aliphatic rings. The number of hydrazine groups is 1. The van der Waals surface area contributed by atoms with Crippen molar-refractivity contribution < 1.29 is 0 Å². The third kappa shape index (κ3) is 3.33. The van der Waals surface area contributed by atoms with Crippen LogP contribution in [0.3, 0.4) is 0 Å². The van der Waals surface area contributed by atoms with Gasteiger partial charge in [0.25, 0.3) is 0 Å². The summed E-state index contributed by atoms with van der Waals surface area (Å²) in [5.74, 6) is 7.64. The number of hydrogen-bond donors (Lipinski definition) is 3. The number of likely N-dealkylation sites (tertiary alicyclic amines) is 1. The van der Waals surface area contributed by atoms with Crippen LogP contribution in [-0.4, -0.2) is 40.5 Å². The van der Waals surface area contributed by atoms with Gasteiger partial charge in [-0.25, -0.2) is 15.8 Å². The van der Waals surface area contributed by atoms with Gasteiger partial charge < -0.3 is 15.6 Å². The number of nitrogens with two attached hydrogens (primary N) is 1. The average molecular weight is 264 g/mol. The van der Waals surface area contributed by atoms with Crippen LogP contribution in [0, 0.1) is 12.8 Å². The predicted molar refractivity (Wildman–Crippen MR) is 77.9 cm³/mol. The van der Waals surface area contributed by atoms with Gasteiger partial charge in [-0.15, -0.1) is 0 Å². The van der Waals surface area contributed by atoms with Gasteiger partial charge in [0, 0.05) is 24.7 Å². The Morgan fingerprint density at radius 1 is 1.42 bits per heavy atom. The summed E-state index contributed by atoms with van der Waals surface area (Å²) in [6.07, 6.45) is 2.77. The molecule has 0 radical (unpaired) electrons. The smallest absolute Gasteiger partial charge is 0.148 e. The van der Waals surface area contributed by atoms with E-state index >= 15 is 0 Å². The van der Waals surface area contributed by atoms with Gasteiger partial charge in [-0.1, -0.05) is 0 Å². The summed E-state index contributed by atoms with van der Waals surface area (Å²) >= 11 is 0. The van der Waals surface area contributed by atoms with Crippen molar-refractivity contribution in [1.29, 1.82) is 0 Å². The molecule has 1 aromatic heterocycles. The molecule has 0 saturated carbocycles. The van der Waals surface area contributed by atoms with Crippen LogP contribution in [0.15, 0.2) is 6.33 Å². The van der Waals surface area contributed by atoms with Crippen LogP contribution in [-0.2, 0) is 0 Å². The maximum absolute atomic E-state index is 5.41. The Kier molecular flexibility index (Phi) is 4.55. The van der Waals surface area contributed by atoms with Crippen LogP contribution in [0.4, 0.5) is 11.6 Å². The first-order chi connectivity index (χ1) is 9.11. The number of anilines is 2. The van der Waals surface area contributed by atoms with Gasteiger partial charge >= 0.3 is 0 Å². The maximum Gasteiger partial charge on any atom is 0.148 e. The molecule has 0 spiro atoms. The second kappa shape index (κ2) is 6.16. The van der Waals surface area contributed by atoms with Gasteiger partial charge in [-0.2, -0.15) is 0 Å². The lowest BCUT2D eigenvalue weighted by molar-refractivity contribution is 0.266. The molecule has 2 rings (SSSR count). The van der Waals surface area contributed by atoms with Crippen molar-refractivity contribution in [3.05, 3.63) is 11.9 Å². The summed E-state index contributed by atoms with van der Waals surface area (Å²) in [6, 6.07) is 0.638. The Labute approximate surface area is 114 Å². The first-order valence-electron chi connectivity index (χ1n) is 6.88. The van der Waals surface area contributed by atoms with Crippen LogP contribution < -0.4 is 16.6 Å². The fourth-order valence-corrected chi connectivity index (χ4v) is 2.51. The quantitative estimate of drug-likeness (QED) is 0.548. The van der Waals surface area contributed by atoms with E-state index in [-0.39, 0.29) is 0 Å². The number of nitrogens with one attached hydrogen (secondary N) is 2. The SMILES string of the molecule is Cc1c(NN)ncnc1NCC1CCN(C(C)C)C1. The summed E-state index contributed by atoms with van der Waals surface area (Å²) in [5.41, 5.74) is 3.55. The van der Waals surface area contributed by atoms with E-state index in [0.29, 0.717) is 17.8 Å². The number of aromatic nitrogens is 2. The molecule has 0 aromatic carbocycles. The Bertz CT molecular complexity index is 420. The lowest BCUT2D eigenvalue weighted by Crippen LogP contribution is -2.29. The zero-order chi connectivity index (χ0) is 13.8. The van der Waals surface area contributed by atoms with Crippen molar-refractivity contribution in [2.24, 2.45) is 11.8 Å². The molecule has 1 aliphatic heterocycles. The number of nitrogens with zero attached hydrogens (tertiary/aromatic N) is 3. The molecule has 19 heavy (non-hydrogen) atoms. The molecule has 106 valence electrons. The summed E-state index contributed by atoms with van der Waals surface area (Å²) in [6.45, 7) is 9.78. The van der Waals surface area contributed by atoms with E-state index in [0.717, 1.165) is 24.5 Å². The van der Waals surface area contributed by atoms with Crippen LogP contribution in [0.25, 0.3) is 0 Å². The lowest BCUT2D eigenvalue weighted by Gasteiger charge is -2.20. The average Bonchev–Trinajstić information content (AvgIpc) is 2.86. The second-order valence-electron chi connectivity index (χ2n) is 5.46. The molecule has 0 amide bonds. The van der Waals surface area contributed by atoms with Gasteiger partial charge in [0.05, 0.1) is 0 Å². The predicted octanol–water partition coefficient (Wildman–Crippen LogP) is 1.21. The van der Waals surface area contributed by atoms with E-state index in [1.165, 1.54) is 19.3 Å². The normalized spacial score (nSPS) is 19.9. The molecular formula is C13H24N6. The minimum absolute atomic E-state index is 0.638. The van der Waals surface area contributed by atoms with Crippen LogP contribution >= 0.6 is 0 Å². The molecule has 4 N–H and O–H groups in total. The van der Waals surface area contributed by atoms with Gasteiger partial charge in [0.2, 0.25) is 0 Å². The minimum Gasteiger partial charge on any atom is -0.369 e. The molecule has 1 aromatic rings. The minimum atomic E-state index is 0.638. The Balaban J connectivity index is 1.90. The highest BCUT2D eigenvalue weighted by atomic mass is 15.3. The Morgan fingerprint density at radius 2 is 2.16 bits per heavy atom. The van der Waals surface area contributed by atoms with Crippen molar-refractivity contribution >= 4 is 11.6 Å². The van der Waals surface area contributed by atoms with Crippen molar-refractivity contribution in [2.75, 3.05) is 30.4 Å². The molecule has 0 aliphatic carbocycles. The van der Waals surface area contributed by atoms with Crippen LogP contribution in [0.5, 0.6) is 0 Å². The highest BCUT2D eigenvalue weighted by Gasteiger charge is 2.24. The van der Waals surface area contributed by atoms with E-state index in [4.69, 9.17) is 5.84 Å². The van der Waals surface area contributed by atoms with Crippen molar-refractivity contribution in [1.82, 2.24) is 14.9 Å². The van der Waals surface area contributed by atoms with E-state index in [1.807, 2.05) is 6.92 Å². The number of hydrogen-bond acceptors (Lipinski definition) is 6. The summed E-state index contributed by atoms with van der Waals surface area (Å²) in [5, 5.41) is 3.42. The fraction of sp³-hybridized carbons (Fsp3) is 0.692. The van der Waals surface area contributed by atoms with Crippen LogP contribution in [0.2, 0.25) is 0 Å². The largest absolute Gasteiger partial charge is 0.369 e. The van der Waals surface area contributed by atoms with E-state index in [9.17, 15) is 0 Å². The molecule has 1 unspecified atom stereocenters. The Hall–Kier alpha value is -1.40. The van der Waals surface area contributed by atoms with E-state index in [2.05, 4.69) is 39.5 Å². The first kappa shape index (κ1) is 14.0. The fourth-order valence-electron chi connectivity index (χ4n) is 2.51. The first-order valence-corrected chi connectivity index (χ1v) is 6.88. The Morgan fingerprint density at radius 3 is 2.79 bits per heavy atom.